The summed E-state index contributed by atoms with van der Waals surface area (Å²) in [5.41, 5.74) is 1.20. The third-order valence-corrected chi connectivity index (χ3v) is 3.89. The van der Waals surface area contributed by atoms with E-state index in [-0.39, 0.29) is 16.9 Å². The number of rotatable bonds is 0. The van der Waals surface area contributed by atoms with Crippen molar-refractivity contribution in [3.05, 3.63) is 51.5 Å². The van der Waals surface area contributed by atoms with E-state index >= 15 is 0 Å². The van der Waals surface area contributed by atoms with Gasteiger partial charge in [0.05, 0.1) is 5.57 Å². The molecular weight excluding hydrogens is 304 g/mol. The van der Waals surface area contributed by atoms with Crippen LogP contribution in [0, 0.1) is 22.7 Å². The monoisotopic (exact) mass is 308 g/mol. The lowest BCUT2D eigenvalue weighted by Gasteiger charge is -2.16. The number of nitriles is 2. The van der Waals surface area contributed by atoms with Gasteiger partial charge in [0.15, 0.2) is 0 Å². The number of hydrogen-bond donors (Lipinski definition) is 0. The number of Topliss-reactive ketones (excluding diaryl/α,β-unsaturated/α-hetero) is 1. The van der Waals surface area contributed by atoms with Crippen LogP contribution in [0.2, 0.25) is 0 Å². The molecule has 2 aromatic carbocycles. The predicted molar refractivity (Wildman–Crippen MR) is 74.1 cm³/mol. The summed E-state index contributed by atoms with van der Waals surface area (Å²) in [4.78, 5) is 12.3. The smallest absolute Gasteiger partial charge is 0.205 e. The van der Waals surface area contributed by atoms with E-state index in [9.17, 15) is 10.1 Å². The van der Waals surface area contributed by atoms with Crippen molar-refractivity contribution >= 4 is 38.1 Å². The Kier molecular flexibility index (Phi) is 2.48. The Hall–Kier alpha value is -2.43. The first-order valence-electron chi connectivity index (χ1n) is 5.50. The molecule has 0 unspecified atom stereocenters. The summed E-state index contributed by atoms with van der Waals surface area (Å²) in [5, 5.41) is 19.9. The molecule has 1 aliphatic carbocycles. The van der Waals surface area contributed by atoms with Crippen LogP contribution in [-0.2, 0) is 0 Å². The van der Waals surface area contributed by atoms with Gasteiger partial charge in [-0.1, -0.05) is 40.2 Å². The van der Waals surface area contributed by atoms with Crippen LogP contribution < -0.4 is 0 Å². The standard InChI is InChI=1S/C15H5BrN2O/c16-13-5-4-8-11(6-17)12(7-18)15(19)10-3-1-2-9(13)14(8)10/h1-5H. The van der Waals surface area contributed by atoms with Gasteiger partial charge in [-0.05, 0) is 11.5 Å². The molecule has 3 nitrogen and oxygen atoms in total. The Morgan fingerprint density at radius 2 is 1.68 bits per heavy atom. The third kappa shape index (κ3) is 1.44. The minimum absolute atomic E-state index is 0.0789. The van der Waals surface area contributed by atoms with Gasteiger partial charge < -0.3 is 0 Å². The summed E-state index contributed by atoms with van der Waals surface area (Å²) in [7, 11) is 0. The van der Waals surface area contributed by atoms with Gasteiger partial charge in [-0.15, -0.1) is 0 Å². The van der Waals surface area contributed by atoms with Crippen molar-refractivity contribution in [2.75, 3.05) is 0 Å². The number of ketones is 1. The number of carbonyl (C=O) groups is 1. The number of benzene rings is 2. The van der Waals surface area contributed by atoms with Crippen LogP contribution in [0.5, 0.6) is 0 Å². The Bertz CT molecular complexity index is 866. The number of hydrogen-bond acceptors (Lipinski definition) is 3. The Morgan fingerprint density at radius 3 is 2.37 bits per heavy atom. The molecule has 0 aliphatic heterocycles. The molecule has 88 valence electrons. The van der Waals surface area contributed by atoms with E-state index < -0.39 is 0 Å². The van der Waals surface area contributed by atoms with Gasteiger partial charge in [-0.25, -0.2) is 0 Å². The van der Waals surface area contributed by atoms with Crippen molar-refractivity contribution in [3.8, 4) is 12.1 Å². The molecule has 0 atom stereocenters. The predicted octanol–water partition coefficient (Wildman–Crippen LogP) is 3.60. The maximum Gasteiger partial charge on any atom is 0.205 e. The second-order valence-corrected chi connectivity index (χ2v) is 4.98. The summed E-state index contributed by atoms with van der Waals surface area (Å²) in [6.45, 7) is 0. The van der Waals surface area contributed by atoms with E-state index in [1.165, 1.54) is 0 Å². The highest BCUT2D eigenvalue weighted by Gasteiger charge is 2.28. The molecule has 0 fully saturated rings. The SMILES string of the molecule is N#CC1=C(C#N)c2ccc(Br)c3cccc(c23)C1=O. The zero-order chi connectivity index (χ0) is 13.6. The molecule has 0 bridgehead atoms. The number of halogens is 1. The van der Waals surface area contributed by atoms with Gasteiger partial charge in [0.2, 0.25) is 5.78 Å². The summed E-state index contributed by atoms with van der Waals surface area (Å²) in [6, 6.07) is 12.8. The van der Waals surface area contributed by atoms with Gasteiger partial charge in [0.1, 0.15) is 17.7 Å². The molecule has 3 rings (SSSR count). The van der Waals surface area contributed by atoms with Gasteiger partial charge in [-0.3, -0.25) is 4.79 Å². The summed E-state index contributed by atoms with van der Waals surface area (Å²) in [6.07, 6.45) is 0. The molecule has 0 N–H and O–H groups in total. The molecule has 1 aliphatic rings. The van der Waals surface area contributed by atoms with Crippen molar-refractivity contribution in [2.24, 2.45) is 0 Å². The van der Waals surface area contributed by atoms with E-state index in [1.807, 2.05) is 24.3 Å². The average Bonchev–Trinajstić information content (AvgIpc) is 2.44. The van der Waals surface area contributed by atoms with Crippen molar-refractivity contribution in [1.82, 2.24) is 0 Å². The number of allylic oxidation sites excluding steroid dienone is 2. The zero-order valence-corrected chi connectivity index (χ0v) is 11.2. The summed E-state index contributed by atoms with van der Waals surface area (Å²) < 4.78 is 0.860. The maximum absolute atomic E-state index is 12.3. The van der Waals surface area contributed by atoms with Crippen LogP contribution in [0.15, 0.2) is 40.4 Å². The minimum atomic E-state index is -0.379. The number of carbonyl (C=O) groups excluding carboxylic acids is 1. The fourth-order valence-corrected chi connectivity index (χ4v) is 2.84. The van der Waals surface area contributed by atoms with E-state index in [0.29, 0.717) is 11.1 Å². The summed E-state index contributed by atoms with van der Waals surface area (Å²) in [5.74, 6) is -0.379. The Labute approximate surface area is 117 Å². The molecule has 0 heterocycles. The van der Waals surface area contributed by atoms with Crippen LogP contribution in [0.25, 0.3) is 16.3 Å². The lowest BCUT2D eigenvalue weighted by atomic mass is 9.84. The van der Waals surface area contributed by atoms with Gasteiger partial charge >= 0.3 is 0 Å². The molecule has 19 heavy (non-hydrogen) atoms. The van der Waals surface area contributed by atoms with Gasteiger partial charge in [0.25, 0.3) is 0 Å². The van der Waals surface area contributed by atoms with Crippen LogP contribution in [0.4, 0.5) is 0 Å². The fourth-order valence-electron chi connectivity index (χ4n) is 2.37. The molecule has 0 radical (unpaired) electrons. The van der Waals surface area contributed by atoms with Gasteiger partial charge in [-0.2, -0.15) is 10.5 Å². The molecule has 0 spiro atoms. The first kappa shape index (κ1) is 11.6. The maximum atomic E-state index is 12.3. The Balaban J connectivity index is 2.59. The lowest BCUT2D eigenvalue weighted by Crippen LogP contribution is -2.11. The fraction of sp³-hybridized carbons (Fsp3) is 0. The van der Waals surface area contributed by atoms with Crippen LogP contribution >= 0.6 is 15.9 Å². The first-order valence-corrected chi connectivity index (χ1v) is 6.29. The van der Waals surface area contributed by atoms with E-state index in [1.54, 1.807) is 18.2 Å². The van der Waals surface area contributed by atoms with E-state index in [0.717, 1.165) is 15.2 Å². The largest absolute Gasteiger partial charge is 0.288 e. The second kappa shape index (κ2) is 4.05. The highest BCUT2D eigenvalue weighted by Crippen LogP contribution is 2.38. The highest BCUT2D eigenvalue weighted by atomic mass is 79.9. The number of nitrogens with zero attached hydrogens (tertiary/aromatic N) is 2. The van der Waals surface area contributed by atoms with Crippen molar-refractivity contribution in [2.45, 2.75) is 0 Å². The molecule has 0 saturated carbocycles. The van der Waals surface area contributed by atoms with Crippen LogP contribution in [0.3, 0.4) is 0 Å². The quantitative estimate of drug-likeness (QED) is 0.747. The zero-order valence-electron chi connectivity index (χ0n) is 9.57. The molecule has 4 heteroatoms. The topological polar surface area (TPSA) is 64.7 Å². The van der Waals surface area contributed by atoms with E-state index in [4.69, 9.17) is 5.26 Å². The Morgan fingerprint density at radius 1 is 0.947 bits per heavy atom. The van der Waals surface area contributed by atoms with Crippen LogP contribution in [-0.4, -0.2) is 5.78 Å². The molecule has 2 aromatic rings. The molecule has 0 aromatic heterocycles. The van der Waals surface area contributed by atoms with E-state index in [2.05, 4.69) is 15.9 Å². The highest BCUT2D eigenvalue weighted by molar-refractivity contribution is 9.10. The van der Waals surface area contributed by atoms with Crippen molar-refractivity contribution < 1.29 is 4.79 Å². The third-order valence-electron chi connectivity index (χ3n) is 3.20. The summed E-state index contributed by atoms with van der Waals surface area (Å²) >= 11 is 3.44. The molecule has 0 amide bonds. The van der Waals surface area contributed by atoms with Crippen LogP contribution in [0.1, 0.15) is 15.9 Å². The molecule has 0 saturated heterocycles. The van der Waals surface area contributed by atoms with Crippen molar-refractivity contribution in [1.29, 1.82) is 10.5 Å². The second-order valence-electron chi connectivity index (χ2n) is 4.13. The normalized spacial score (nSPS) is 13.3. The average molecular weight is 309 g/mol. The van der Waals surface area contributed by atoms with Crippen molar-refractivity contribution in [3.63, 3.8) is 0 Å². The lowest BCUT2D eigenvalue weighted by molar-refractivity contribution is 0.104. The van der Waals surface area contributed by atoms with Gasteiger partial charge in [0, 0.05) is 21.0 Å². The minimum Gasteiger partial charge on any atom is -0.288 e. The first-order chi connectivity index (χ1) is 9.19. The molecular formula is C15H5BrN2O.